The minimum atomic E-state index is -0.493. The first-order valence-corrected chi connectivity index (χ1v) is 21.5. The van der Waals surface area contributed by atoms with Gasteiger partial charge in [-0.05, 0) is 84.4 Å². The van der Waals surface area contributed by atoms with Crippen LogP contribution in [0.4, 0.5) is 0 Å². The van der Waals surface area contributed by atoms with Crippen LogP contribution in [0, 0.1) is 53.3 Å². The molecule has 0 aromatic rings. The average molecular weight is 774 g/mol. The van der Waals surface area contributed by atoms with Crippen LogP contribution >= 0.6 is 0 Å². The van der Waals surface area contributed by atoms with Crippen LogP contribution in [0.15, 0.2) is 36.0 Å². The lowest BCUT2D eigenvalue weighted by molar-refractivity contribution is -0.278. The Balaban J connectivity index is 2.02. The Labute approximate surface area is 335 Å². The highest BCUT2D eigenvalue weighted by Crippen LogP contribution is 2.39. The van der Waals surface area contributed by atoms with Gasteiger partial charge in [-0.3, -0.25) is 9.59 Å². The molecule has 17 atom stereocenters. The number of allylic oxidation sites excluding steroid dienone is 4. The summed E-state index contributed by atoms with van der Waals surface area (Å²) in [5, 5.41) is 0. The van der Waals surface area contributed by atoms with Crippen LogP contribution in [0.2, 0.25) is 0 Å². The summed E-state index contributed by atoms with van der Waals surface area (Å²) in [7, 11) is 4.24. The van der Waals surface area contributed by atoms with Crippen molar-refractivity contribution in [1.29, 1.82) is 0 Å². The van der Waals surface area contributed by atoms with Crippen molar-refractivity contribution in [2.24, 2.45) is 53.3 Å². The molecule has 3 heterocycles. The van der Waals surface area contributed by atoms with Crippen LogP contribution in [0.1, 0.15) is 116 Å². The molecule has 2 fully saturated rings. The zero-order valence-corrected chi connectivity index (χ0v) is 37.2. The van der Waals surface area contributed by atoms with Gasteiger partial charge in [0, 0.05) is 35.6 Å². The number of nitrogens with zero attached hydrogens (tertiary/aromatic N) is 1. The molecule has 0 spiro atoms. The van der Waals surface area contributed by atoms with Gasteiger partial charge in [0.25, 0.3) is 0 Å². The zero-order valence-electron chi connectivity index (χ0n) is 37.2. The number of cyclic esters (lactones) is 1. The smallest absolute Gasteiger partial charge is 0.308 e. The van der Waals surface area contributed by atoms with Crippen LogP contribution in [0.5, 0.6) is 0 Å². The van der Waals surface area contributed by atoms with Crippen molar-refractivity contribution in [3.05, 3.63) is 36.0 Å². The van der Waals surface area contributed by atoms with E-state index in [4.69, 9.17) is 28.4 Å². The Kier molecular flexibility index (Phi) is 19.3. The Hall–Kier alpha value is -1.88. The molecule has 0 aromatic carbocycles. The van der Waals surface area contributed by atoms with Gasteiger partial charge in [-0.15, -0.1) is 0 Å². The Morgan fingerprint density at radius 1 is 0.800 bits per heavy atom. The summed E-state index contributed by atoms with van der Waals surface area (Å²) >= 11 is 0. The number of hydrogen-bond donors (Lipinski definition) is 0. The van der Waals surface area contributed by atoms with Gasteiger partial charge in [-0.1, -0.05) is 98.6 Å². The maximum atomic E-state index is 14.1. The predicted molar refractivity (Wildman–Crippen MR) is 220 cm³/mol. The van der Waals surface area contributed by atoms with Crippen LogP contribution in [-0.4, -0.2) is 93.1 Å². The largest absolute Gasteiger partial charge is 0.462 e. The normalized spacial score (nSPS) is 42.3. The van der Waals surface area contributed by atoms with E-state index in [1.54, 1.807) is 6.08 Å². The predicted octanol–water partition coefficient (Wildman–Crippen LogP) is 9.05. The molecule has 9 nitrogen and oxygen atoms in total. The first-order chi connectivity index (χ1) is 25.9. The lowest BCUT2D eigenvalue weighted by Gasteiger charge is -2.48. The summed E-state index contributed by atoms with van der Waals surface area (Å²) in [5.41, 5.74) is 0.917. The number of rotatable bonds is 11. The van der Waals surface area contributed by atoms with Gasteiger partial charge < -0.3 is 33.3 Å². The van der Waals surface area contributed by atoms with E-state index in [-0.39, 0.29) is 84.3 Å². The van der Waals surface area contributed by atoms with Gasteiger partial charge in [0.2, 0.25) is 0 Å². The van der Waals surface area contributed by atoms with E-state index < -0.39 is 18.5 Å². The van der Waals surface area contributed by atoms with Gasteiger partial charge in [0.05, 0.1) is 44.1 Å². The van der Waals surface area contributed by atoms with Crippen molar-refractivity contribution in [2.75, 3.05) is 27.3 Å². The summed E-state index contributed by atoms with van der Waals surface area (Å²) in [6, 6.07) is 0.264. The van der Waals surface area contributed by atoms with E-state index in [2.05, 4.69) is 87.4 Å². The molecule has 0 aliphatic carbocycles. The third kappa shape index (κ3) is 12.8. The Morgan fingerprint density at radius 3 is 2.07 bits per heavy atom. The SMILES string of the molecule is CC=CCO[C@@H]1CC(=O)O[C@H](CC)[C@@H](CO[C@@H]2O[C@H](C)[C@@H](C)[C@@H](C)[C@H]2C)C=C(C)/C=C/C(=O)[C@H](C)C[C@H](CC)[C@H](O[C@@H]2O[C@H](C)[C@@H](C)[C@H](N(C)C)[C@H]2C)[C@H]1C. The van der Waals surface area contributed by atoms with E-state index in [0.717, 1.165) is 12.0 Å². The molecule has 0 radical (unpaired) electrons. The molecule has 0 aromatic heterocycles. The topological polar surface area (TPSA) is 92.8 Å². The fourth-order valence-electron chi connectivity index (χ4n) is 9.18. The molecule has 3 aliphatic rings. The molecule has 316 valence electrons. The first kappa shape index (κ1) is 47.5. The molecular weight excluding hydrogens is 695 g/mol. The first-order valence-electron chi connectivity index (χ1n) is 21.5. The lowest BCUT2D eigenvalue weighted by Crippen LogP contribution is -2.56. The van der Waals surface area contributed by atoms with Gasteiger partial charge in [0.1, 0.15) is 6.10 Å². The maximum absolute atomic E-state index is 14.1. The van der Waals surface area contributed by atoms with Crippen LogP contribution in [0.25, 0.3) is 0 Å². The fourth-order valence-corrected chi connectivity index (χ4v) is 9.18. The van der Waals surface area contributed by atoms with E-state index in [1.165, 1.54) is 0 Å². The molecular formula is C46H79NO8. The van der Waals surface area contributed by atoms with Crippen molar-refractivity contribution >= 4 is 11.8 Å². The molecule has 9 heteroatoms. The quantitative estimate of drug-likeness (QED) is 0.151. The van der Waals surface area contributed by atoms with E-state index in [0.29, 0.717) is 43.8 Å². The molecule has 3 aliphatic heterocycles. The second kappa shape index (κ2) is 22.3. The molecule has 0 saturated carbocycles. The number of carbonyl (C=O) groups is 2. The monoisotopic (exact) mass is 774 g/mol. The molecule has 0 unspecified atom stereocenters. The number of carbonyl (C=O) groups excluding carboxylic acids is 2. The highest BCUT2D eigenvalue weighted by atomic mass is 16.7. The second-order valence-electron chi connectivity index (χ2n) is 17.7. The summed E-state index contributed by atoms with van der Waals surface area (Å²) in [6.07, 6.45) is 9.68. The Bertz CT molecular complexity index is 1280. The number of ketones is 1. The molecule has 55 heavy (non-hydrogen) atoms. The highest BCUT2D eigenvalue weighted by molar-refractivity contribution is 5.91. The molecule has 2 saturated heterocycles. The van der Waals surface area contributed by atoms with Crippen molar-refractivity contribution in [2.45, 2.75) is 165 Å². The minimum absolute atomic E-state index is 0.0000208. The van der Waals surface area contributed by atoms with Crippen molar-refractivity contribution < 1.29 is 38.0 Å². The summed E-state index contributed by atoms with van der Waals surface area (Å²) in [6.45, 7) is 28.3. The second-order valence-corrected chi connectivity index (χ2v) is 17.7. The zero-order chi connectivity index (χ0) is 41.1. The van der Waals surface area contributed by atoms with Crippen LogP contribution in [-0.2, 0) is 38.0 Å². The third-order valence-electron chi connectivity index (χ3n) is 13.5. The molecule has 0 amide bonds. The van der Waals surface area contributed by atoms with Crippen molar-refractivity contribution in [1.82, 2.24) is 4.90 Å². The third-order valence-corrected chi connectivity index (χ3v) is 13.5. The fraction of sp³-hybridized carbons (Fsp3) is 0.826. The van der Waals surface area contributed by atoms with Crippen molar-refractivity contribution in [3.8, 4) is 0 Å². The van der Waals surface area contributed by atoms with E-state index in [9.17, 15) is 9.59 Å². The maximum Gasteiger partial charge on any atom is 0.308 e. The average Bonchev–Trinajstić information content (AvgIpc) is 3.14. The summed E-state index contributed by atoms with van der Waals surface area (Å²) in [4.78, 5) is 30.1. The standard InChI is InChI=1S/C46H79NO8/c1-16-19-22-50-41-25-42(49)54-40(18-3)38(26-51-45-31(8)29(6)30(7)35(12)52-45)23-27(4)20-21-39(48)28(5)24-37(17-2)44(33(41)10)55-46-34(11)43(47(14)15)32(9)36(13)53-46/h16,19-21,23,28-38,40-41,43-46H,17-18,22,24-26H2,1-15H3/b19-16?,21-20+,27-23?/t28-,29-,30+,31-,32-,33+,34-,35-,36-,37+,38-,40-,41-,43+,44-,45-,46+/m1/s1. The molecule has 3 rings (SSSR count). The van der Waals surface area contributed by atoms with Gasteiger partial charge in [-0.25, -0.2) is 0 Å². The molecule has 0 N–H and O–H groups in total. The number of ether oxygens (including phenoxy) is 6. The minimum Gasteiger partial charge on any atom is -0.462 e. The highest BCUT2D eigenvalue weighted by Gasteiger charge is 2.45. The van der Waals surface area contributed by atoms with Crippen LogP contribution < -0.4 is 0 Å². The number of hydrogen-bond acceptors (Lipinski definition) is 9. The summed E-state index contributed by atoms with van der Waals surface area (Å²) < 4.78 is 39.5. The van der Waals surface area contributed by atoms with Crippen molar-refractivity contribution in [3.63, 3.8) is 0 Å². The summed E-state index contributed by atoms with van der Waals surface area (Å²) in [5.74, 6) is 0.587. The van der Waals surface area contributed by atoms with E-state index in [1.807, 2.05) is 45.9 Å². The van der Waals surface area contributed by atoms with Gasteiger partial charge in [0.15, 0.2) is 18.4 Å². The lowest BCUT2D eigenvalue weighted by atomic mass is 9.79. The number of esters is 1. The molecule has 0 bridgehead atoms. The van der Waals surface area contributed by atoms with Gasteiger partial charge in [-0.2, -0.15) is 0 Å². The van der Waals surface area contributed by atoms with Crippen LogP contribution in [0.3, 0.4) is 0 Å². The van der Waals surface area contributed by atoms with Gasteiger partial charge >= 0.3 is 5.97 Å². The van der Waals surface area contributed by atoms with E-state index >= 15 is 0 Å². The Morgan fingerprint density at radius 2 is 1.45 bits per heavy atom.